The Morgan fingerprint density at radius 1 is 1.36 bits per heavy atom. The minimum Gasteiger partial charge on any atom is -0.361 e. The fourth-order valence-electron chi connectivity index (χ4n) is 4.82. The number of aromatic amines is 1. The monoisotopic (exact) mass is 356 g/mol. The summed E-state index contributed by atoms with van der Waals surface area (Å²) in [4.78, 5) is 8.22. The maximum Gasteiger partial charge on any atom is 0.169 e. The molecule has 0 radical (unpaired) electrons. The van der Waals surface area contributed by atoms with E-state index in [-0.39, 0.29) is 0 Å². The van der Waals surface area contributed by atoms with Gasteiger partial charge in [-0.15, -0.1) is 0 Å². The average molecular weight is 357 g/mol. The molecule has 1 aliphatic heterocycles. The third-order valence-electron chi connectivity index (χ3n) is 6.10. The summed E-state index contributed by atoms with van der Waals surface area (Å²) in [7, 11) is 2.27. The minimum absolute atomic E-state index is 0.412. The number of likely N-dealkylation sites (N-methyl/N-ethyl adjacent to an activating group) is 1. The molecule has 1 aromatic carbocycles. The van der Waals surface area contributed by atoms with Gasteiger partial charge in [0.25, 0.3) is 0 Å². The Bertz CT molecular complexity index is 779. The Balaban J connectivity index is 1.60. The fraction of sp³-hybridized carbons (Fsp3) is 0.550. The first-order chi connectivity index (χ1) is 12.1. The summed E-state index contributed by atoms with van der Waals surface area (Å²) in [5, 5.41) is 6.01. The molecule has 2 heterocycles. The Kier molecular flexibility index (Phi) is 4.46. The number of H-pyrrole nitrogens is 1. The van der Waals surface area contributed by atoms with E-state index in [2.05, 4.69) is 65.4 Å². The highest BCUT2D eigenvalue weighted by Gasteiger charge is 2.39. The van der Waals surface area contributed by atoms with Crippen LogP contribution in [0.25, 0.3) is 10.9 Å². The summed E-state index contributed by atoms with van der Waals surface area (Å²) in [5.41, 5.74) is 4.27. The maximum atomic E-state index is 5.64. The summed E-state index contributed by atoms with van der Waals surface area (Å²) in [6, 6.07) is 7.72. The van der Waals surface area contributed by atoms with Gasteiger partial charge in [0.1, 0.15) is 0 Å². The molecule has 2 N–H and O–H groups in total. The second kappa shape index (κ2) is 6.61. The number of hydrogen-bond acceptors (Lipinski definition) is 2. The highest BCUT2D eigenvalue weighted by molar-refractivity contribution is 7.80. The highest BCUT2D eigenvalue weighted by Crippen LogP contribution is 2.42. The second-order valence-corrected chi connectivity index (χ2v) is 7.84. The van der Waals surface area contributed by atoms with Gasteiger partial charge < -0.3 is 20.1 Å². The normalized spacial score (nSPS) is 25.6. The van der Waals surface area contributed by atoms with E-state index in [1.165, 1.54) is 22.0 Å². The number of rotatable bonds is 3. The number of piperidine rings is 1. The first-order valence-electron chi connectivity index (χ1n) is 9.46. The van der Waals surface area contributed by atoms with Gasteiger partial charge in [0.15, 0.2) is 5.11 Å². The molecule has 1 aromatic heterocycles. The molecule has 1 unspecified atom stereocenters. The largest absolute Gasteiger partial charge is 0.361 e. The van der Waals surface area contributed by atoms with Gasteiger partial charge in [-0.3, -0.25) is 0 Å². The number of hydrogen-bond donors (Lipinski definition) is 2. The van der Waals surface area contributed by atoms with Crippen molar-refractivity contribution >= 4 is 28.2 Å². The molecular weight excluding hydrogens is 328 g/mol. The molecule has 2 aliphatic rings. The topological polar surface area (TPSA) is 34.3 Å². The number of likely N-dealkylation sites (tertiary alicyclic amines) is 1. The smallest absolute Gasteiger partial charge is 0.169 e. The molecule has 4 nitrogen and oxygen atoms in total. The van der Waals surface area contributed by atoms with E-state index in [1.807, 2.05) is 0 Å². The van der Waals surface area contributed by atoms with E-state index < -0.39 is 0 Å². The van der Waals surface area contributed by atoms with Gasteiger partial charge in [0, 0.05) is 54.7 Å². The zero-order valence-electron chi connectivity index (χ0n) is 15.4. The Labute approximate surface area is 155 Å². The summed E-state index contributed by atoms with van der Waals surface area (Å²) in [6.07, 6.45) is 4.50. The summed E-state index contributed by atoms with van der Waals surface area (Å²) >= 11 is 5.64. The van der Waals surface area contributed by atoms with E-state index in [1.54, 1.807) is 0 Å². The number of nitrogens with one attached hydrogen (secondary N) is 2. The molecule has 1 fully saturated rings. The lowest BCUT2D eigenvalue weighted by atomic mass is 9.74. The number of fused-ring (bicyclic) bond motifs is 2. The van der Waals surface area contributed by atoms with Crippen LogP contribution >= 0.6 is 12.2 Å². The first-order valence-corrected chi connectivity index (χ1v) is 9.87. The van der Waals surface area contributed by atoms with Crippen molar-refractivity contribution in [2.75, 3.05) is 26.7 Å². The van der Waals surface area contributed by atoms with Crippen LogP contribution in [-0.2, 0) is 6.42 Å². The van der Waals surface area contributed by atoms with Gasteiger partial charge in [-0.1, -0.05) is 12.1 Å². The van der Waals surface area contributed by atoms with Crippen LogP contribution in [0.4, 0.5) is 0 Å². The van der Waals surface area contributed by atoms with Crippen LogP contribution in [0.5, 0.6) is 0 Å². The van der Waals surface area contributed by atoms with Crippen molar-refractivity contribution in [2.24, 2.45) is 0 Å². The van der Waals surface area contributed by atoms with Crippen LogP contribution in [0.3, 0.4) is 0 Å². The van der Waals surface area contributed by atoms with E-state index in [0.717, 1.165) is 37.6 Å². The van der Waals surface area contributed by atoms with Crippen molar-refractivity contribution in [3.05, 3.63) is 35.5 Å². The van der Waals surface area contributed by atoms with E-state index >= 15 is 0 Å². The van der Waals surface area contributed by atoms with Crippen LogP contribution < -0.4 is 5.32 Å². The molecule has 0 saturated carbocycles. The van der Waals surface area contributed by atoms with Gasteiger partial charge >= 0.3 is 0 Å². The lowest BCUT2D eigenvalue weighted by molar-refractivity contribution is 0.133. The van der Waals surface area contributed by atoms with Crippen molar-refractivity contribution < 1.29 is 0 Å². The van der Waals surface area contributed by atoms with Crippen molar-refractivity contribution in [1.82, 2.24) is 20.1 Å². The third-order valence-corrected chi connectivity index (χ3v) is 6.48. The molecule has 1 saturated heterocycles. The number of nitrogens with zero attached hydrogens (tertiary/aromatic N) is 2. The van der Waals surface area contributed by atoms with Crippen molar-refractivity contribution in [3.8, 4) is 0 Å². The molecule has 0 bridgehead atoms. The van der Waals surface area contributed by atoms with Gasteiger partial charge in [-0.25, -0.2) is 0 Å². The Hall–Kier alpha value is -1.59. The lowest BCUT2D eigenvalue weighted by Crippen LogP contribution is -2.56. The third kappa shape index (κ3) is 2.83. The van der Waals surface area contributed by atoms with Gasteiger partial charge in [-0.05, 0) is 63.1 Å². The lowest BCUT2D eigenvalue weighted by Gasteiger charge is -2.46. The summed E-state index contributed by atoms with van der Waals surface area (Å²) in [6.45, 7) is 7.30. The molecule has 0 spiro atoms. The van der Waals surface area contributed by atoms with Gasteiger partial charge in [0.2, 0.25) is 0 Å². The van der Waals surface area contributed by atoms with Gasteiger partial charge in [-0.2, -0.15) is 0 Å². The molecule has 134 valence electrons. The van der Waals surface area contributed by atoms with Crippen LogP contribution in [0.15, 0.2) is 24.4 Å². The molecule has 4 rings (SSSR count). The summed E-state index contributed by atoms with van der Waals surface area (Å²) < 4.78 is 0. The maximum absolute atomic E-state index is 5.64. The zero-order valence-corrected chi connectivity index (χ0v) is 16.2. The fourth-order valence-corrected chi connectivity index (χ4v) is 5.25. The minimum atomic E-state index is 0.412. The first kappa shape index (κ1) is 16.9. The standard InChI is InChI=1S/C20H28N4S/c1-4-24(5-2)20(25)22-14-10-16-15-7-6-8-17-19(15)13(11-21-17)9-18(16)23(3)12-14/h6-8,11,14,16,18,21H,4-5,9-10,12H2,1-3H3,(H,22,25)/t14-,16?,18+/m0/s1. The van der Waals surface area contributed by atoms with Crippen LogP contribution in [-0.4, -0.2) is 58.7 Å². The Morgan fingerprint density at radius 3 is 2.92 bits per heavy atom. The van der Waals surface area contributed by atoms with E-state index in [0.29, 0.717) is 18.0 Å². The molecular formula is C20H28N4S. The summed E-state index contributed by atoms with van der Waals surface area (Å²) in [5.74, 6) is 0.572. The molecule has 5 heteroatoms. The quantitative estimate of drug-likeness (QED) is 0.828. The highest BCUT2D eigenvalue weighted by atomic mass is 32.1. The number of thiocarbonyl (C=S) groups is 1. The Morgan fingerprint density at radius 2 is 2.16 bits per heavy atom. The van der Waals surface area contributed by atoms with Crippen molar-refractivity contribution in [3.63, 3.8) is 0 Å². The SMILES string of the molecule is CCN(CC)C(=S)N[C@H]1CC2c3cccc4[nH]cc(c34)C[C@H]2N(C)C1. The molecule has 25 heavy (non-hydrogen) atoms. The van der Waals surface area contributed by atoms with Crippen LogP contribution in [0.2, 0.25) is 0 Å². The van der Waals surface area contributed by atoms with Gasteiger partial charge in [0.05, 0.1) is 0 Å². The van der Waals surface area contributed by atoms with E-state index in [9.17, 15) is 0 Å². The zero-order chi connectivity index (χ0) is 17.6. The number of aromatic nitrogens is 1. The predicted octanol–water partition coefficient (Wildman–Crippen LogP) is 3.10. The molecule has 3 atom stereocenters. The second-order valence-electron chi connectivity index (χ2n) is 7.46. The molecule has 1 aliphatic carbocycles. The molecule has 2 aromatic rings. The van der Waals surface area contributed by atoms with Crippen LogP contribution in [0, 0.1) is 0 Å². The molecule has 0 amide bonds. The van der Waals surface area contributed by atoms with E-state index in [4.69, 9.17) is 12.2 Å². The predicted molar refractivity (Wildman–Crippen MR) is 108 cm³/mol. The van der Waals surface area contributed by atoms with Crippen molar-refractivity contribution in [2.45, 2.75) is 44.7 Å². The average Bonchev–Trinajstić information content (AvgIpc) is 3.02. The van der Waals surface area contributed by atoms with Crippen LogP contribution in [0.1, 0.15) is 37.3 Å². The number of benzene rings is 1. The van der Waals surface area contributed by atoms with Crippen molar-refractivity contribution in [1.29, 1.82) is 0 Å².